The quantitative estimate of drug-likeness (QED) is 0.339. The summed E-state index contributed by atoms with van der Waals surface area (Å²) in [6, 6.07) is 13.0. The first-order chi connectivity index (χ1) is 24.4. The largest absolute Gasteiger partial charge is 0.490 e. The number of benzene rings is 2. The molecule has 10 nitrogen and oxygen atoms in total. The molecular weight excluding hydrogens is 688 g/mol. The van der Waals surface area contributed by atoms with Crippen LogP contribution in [0.1, 0.15) is 92.4 Å². The molecule has 3 aromatic rings. The fourth-order valence-electron chi connectivity index (χ4n) is 9.02. The fourth-order valence-corrected chi connectivity index (χ4v) is 10.5. The number of hydrogen-bond acceptors (Lipinski definition) is 9. The van der Waals surface area contributed by atoms with Gasteiger partial charge in [-0.05, 0) is 117 Å². The minimum atomic E-state index is -4.01. The zero-order chi connectivity index (χ0) is 36.0. The third kappa shape index (κ3) is 7.26. The molecule has 7 rings (SSSR count). The van der Waals surface area contributed by atoms with Crippen molar-refractivity contribution in [1.82, 2.24) is 14.7 Å². The number of nitrogens with zero attached hydrogens (tertiary/aromatic N) is 3. The second-order valence-electron chi connectivity index (χ2n) is 15.5. The van der Waals surface area contributed by atoms with Crippen molar-refractivity contribution in [2.75, 3.05) is 24.6 Å². The highest BCUT2D eigenvalue weighted by Crippen LogP contribution is 2.50. The van der Waals surface area contributed by atoms with E-state index in [1.807, 2.05) is 13.0 Å². The third-order valence-corrected chi connectivity index (χ3v) is 14.3. The number of ether oxygens (including phenoxy) is 1. The number of ketones is 1. The molecule has 2 aromatic carbocycles. The molecule has 2 aliphatic carbocycles. The molecule has 3 heterocycles. The molecule has 4 aliphatic rings. The van der Waals surface area contributed by atoms with E-state index >= 15 is 0 Å². The van der Waals surface area contributed by atoms with Crippen molar-refractivity contribution >= 4 is 39.0 Å². The average Bonchev–Trinajstić information content (AvgIpc) is 3.22. The molecule has 0 saturated heterocycles. The summed E-state index contributed by atoms with van der Waals surface area (Å²) in [5.74, 6) is -0.469. The normalized spacial score (nSPS) is 30.5. The van der Waals surface area contributed by atoms with Crippen LogP contribution in [0.4, 0.5) is 5.69 Å². The number of rotatable bonds is 4. The summed E-state index contributed by atoms with van der Waals surface area (Å²) >= 11 is 6.45. The zero-order valence-corrected chi connectivity index (χ0v) is 30.9. The molecule has 2 bridgehead atoms. The maximum Gasteiger partial charge on any atom is 0.264 e. The van der Waals surface area contributed by atoms with Gasteiger partial charge < -0.3 is 14.7 Å². The molecule has 0 unspecified atom stereocenters. The van der Waals surface area contributed by atoms with Crippen molar-refractivity contribution in [1.29, 1.82) is 0 Å². The van der Waals surface area contributed by atoms with E-state index in [1.165, 1.54) is 17.5 Å². The van der Waals surface area contributed by atoms with Crippen molar-refractivity contribution in [3.8, 4) is 5.75 Å². The molecule has 51 heavy (non-hydrogen) atoms. The van der Waals surface area contributed by atoms with Crippen molar-refractivity contribution in [2.24, 2.45) is 17.8 Å². The van der Waals surface area contributed by atoms with Gasteiger partial charge in [0, 0.05) is 48.1 Å². The number of fused-ring (bicyclic) bond motifs is 4. The SMILES string of the molecule is C[C@@H]1[C@@H](C)CCC[C@](O)(CC(=O)Cc2ccncn2)[C@@H]2CC[C@H]2CN2C[C@@]3(CCCc4cc(Cl)ccc43)COc3ccc(cc32)C(=O)NS1(=O)=O. The maximum absolute atomic E-state index is 13.6. The predicted octanol–water partition coefficient (Wildman–Crippen LogP) is 5.83. The summed E-state index contributed by atoms with van der Waals surface area (Å²) in [5.41, 5.74) is 2.38. The highest BCUT2D eigenvalue weighted by molar-refractivity contribution is 7.90. The lowest BCUT2D eigenvalue weighted by atomic mass is 9.61. The maximum atomic E-state index is 13.6. The number of nitrogens with one attached hydrogen (secondary N) is 1. The first kappa shape index (κ1) is 35.8. The number of anilines is 1. The minimum Gasteiger partial charge on any atom is -0.490 e. The number of amides is 1. The molecule has 1 saturated carbocycles. The number of halogens is 1. The molecular formula is C39H47ClN4O6S. The molecule has 0 radical (unpaired) electrons. The van der Waals surface area contributed by atoms with Gasteiger partial charge in [0.25, 0.3) is 5.91 Å². The number of aromatic nitrogens is 2. The van der Waals surface area contributed by atoms with Gasteiger partial charge in [0.15, 0.2) is 0 Å². The standard InChI is InChI=1S/C39H47ClN4O6S/c1-25-5-3-15-39(47,20-32(45)19-31-13-16-41-24-42-31)34-10-7-29(34)21-44-22-38(14-4-6-27-17-30(40)9-11-33(27)38)23-50-36-12-8-28(18-35(36)44)37(46)43-51(48,49)26(25)2/h8-9,11-13,16-18,24-26,29,34,47H,3-7,10,14-15,19-23H2,1-2H3,(H,43,46)/t25-,26+,29-,34+,38-,39-/m0/s1. The Morgan fingerprint density at radius 1 is 1.10 bits per heavy atom. The van der Waals surface area contributed by atoms with Crippen molar-refractivity contribution < 1.29 is 27.9 Å². The van der Waals surface area contributed by atoms with Crippen LogP contribution in [-0.4, -0.2) is 65.7 Å². The van der Waals surface area contributed by atoms with Crippen LogP contribution in [-0.2, 0) is 33.1 Å². The van der Waals surface area contributed by atoms with Gasteiger partial charge in [-0.1, -0.05) is 31.0 Å². The zero-order valence-electron chi connectivity index (χ0n) is 29.3. The van der Waals surface area contributed by atoms with E-state index < -0.39 is 26.8 Å². The Morgan fingerprint density at radius 2 is 1.94 bits per heavy atom. The predicted molar refractivity (Wildman–Crippen MR) is 196 cm³/mol. The molecule has 6 atom stereocenters. The number of Topliss-reactive ketones (excluding diaryl/α,β-unsaturated/α-hetero) is 1. The molecule has 272 valence electrons. The number of hydrogen-bond donors (Lipinski definition) is 2. The molecule has 1 aromatic heterocycles. The van der Waals surface area contributed by atoms with E-state index in [2.05, 4.69) is 31.7 Å². The van der Waals surface area contributed by atoms with Crippen LogP contribution in [0.3, 0.4) is 0 Å². The topological polar surface area (TPSA) is 139 Å². The molecule has 12 heteroatoms. The van der Waals surface area contributed by atoms with Gasteiger partial charge in [-0.15, -0.1) is 0 Å². The Hall–Kier alpha value is -3.54. The summed E-state index contributed by atoms with van der Waals surface area (Å²) in [4.78, 5) is 37.6. The summed E-state index contributed by atoms with van der Waals surface area (Å²) in [6.45, 7) is 5.11. The summed E-state index contributed by atoms with van der Waals surface area (Å²) < 4.78 is 35.9. The van der Waals surface area contributed by atoms with Crippen molar-refractivity contribution in [3.63, 3.8) is 0 Å². The van der Waals surface area contributed by atoms with E-state index in [1.54, 1.807) is 37.4 Å². The Bertz CT molecular complexity index is 1910. The first-order valence-electron chi connectivity index (χ1n) is 18.2. The van der Waals surface area contributed by atoms with E-state index in [4.69, 9.17) is 16.3 Å². The van der Waals surface area contributed by atoms with Gasteiger partial charge >= 0.3 is 0 Å². The fraction of sp³-hybridized carbons (Fsp3) is 0.538. The molecule has 1 amide bonds. The molecule has 2 aliphatic heterocycles. The van der Waals surface area contributed by atoms with Gasteiger partial charge in [0.1, 0.15) is 17.9 Å². The first-order valence-corrected chi connectivity index (χ1v) is 20.1. The number of carbonyl (C=O) groups excluding carboxylic acids is 2. The average molecular weight is 735 g/mol. The van der Waals surface area contributed by atoms with E-state index in [-0.39, 0.29) is 47.4 Å². The van der Waals surface area contributed by atoms with Gasteiger partial charge in [-0.3, -0.25) is 9.59 Å². The lowest BCUT2D eigenvalue weighted by Crippen LogP contribution is -2.53. The molecule has 1 spiro atoms. The van der Waals surface area contributed by atoms with Gasteiger partial charge in [0.2, 0.25) is 10.0 Å². The van der Waals surface area contributed by atoms with Crippen molar-refractivity contribution in [3.05, 3.63) is 82.4 Å². The van der Waals surface area contributed by atoms with Crippen LogP contribution >= 0.6 is 11.6 Å². The van der Waals surface area contributed by atoms with E-state index in [0.717, 1.165) is 37.8 Å². The smallest absolute Gasteiger partial charge is 0.264 e. The lowest BCUT2D eigenvalue weighted by molar-refractivity contribution is -0.134. The summed E-state index contributed by atoms with van der Waals surface area (Å²) in [5, 5.41) is 12.4. The Balaban J connectivity index is 1.27. The minimum absolute atomic E-state index is 0.00161. The molecule has 2 N–H and O–H groups in total. The highest BCUT2D eigenvalue weighted by atomic mass is 35.5. The van der Waals surface area contributed by atoms with Gasteiger partial charge in [0.05, 0.1) is 28.8 Å². The Morgan fingerprint density at radius 3 is 2.71 bits per heavy atom. The summed E-state index contributed by atoms with van der Waals surface area (Å²) in [7, 11) is -4.01. The van der Waals surface area contributed by atoms with Crippen LogP contribution in [0.25, 0.3) is 0 Å². The highest BCUT2D eigenvalue weighted by Gasteiger charge is 2.49. The second kappa shape index (κ2) is 14.1. The number of carbonyl (C=O) groups is 2. The van der Waals surface area contributed by atoms with E-state index in [9.17, 15) is 23.1 Å². The lowest BCUT2D eigenvalue weighted by Gasteiger charge is -2.50. The summed E-state index contributed by atoms with van der Waals surface area (Å²) in [6.07, 6.45) is 9.06. The van der Waals surface area contributed by atoms with Crippen LogP contribution in [0.2, 0.25) is 5.02 Å². The number of sulfonamides is 1. The number of aliphatic hydroxyl groups is 1. The molecule has 1 fully saturated rings. The van der Waals surface area contributed by atoms with Crippen LogP contribution in [0.15, 0.2) is 55.0 Å². The van der Waals surface area contributed by atoms with Crippen molar-refractivity contribution in [2.45, 2.75) is 94.3 Å². The van der Waals surface area contributed by atoms with Crippen LogP contribution in [0, 0.1) is 17.8 Å². The van der Waals surface area contributed by atoms with Crippen LogP contribution < -0.4 is 14.4 Å². The number of aryl methyl sites for hydroxylation is 1. The van der Waals surface area contributed by atoms with Gasteiger partial charge in [-0.25, -0.2) is 23.1 Å². The van der Waals surface area contributed by atoms with E-state index in [0.29, 0.717) is 55.4 Å². The monoisotopic (exact) mass is 734 g/mol. The van der Waals surface area contributed by atoms with Gasteiger partial charge in [-0.2, -0.15) is 0 Å². The van der Waals surface area contributed by atoms with Crippen LogP contribution in [0.5, 0.6) is 5.75 Å². The second-order valence-corrected chi connectivity index (χ2v) is 18.0. The Labute approximate surface area is 305 Å². The third-order valence-electron chi connectivity index (χ3n) is 12.2. The Kier molecular flexibility index (Phi) is 9.92.